The lowest BCUT2D eigenvalue weighted by atomic mass is 9.87. The lowest BCUT2D eigenvalue weighted by molar-refractivity contribution is -0.140. The van der Waals surface area contributed by atoms with Gasteiger partial charge in [-0.1, -0.05) is 88.4 Å². The van der Waals surface area contributed by atoms with Crippen molar-refractivity contribution in [2.75, 3.05) is 17.1 Å². The Morgan fingerprint density at radius 1 is 0.929 bits per heavy atom. The van der Waals surface area contributed by atoms with Gasteiger partial charge in [0.15, 0.2) is 0 Å². The number of nitrogens with zero attached hydrogens (tertiary/aromatic N) is 2. The van der Waals surface area contributed by atoms with Crippen LogP contribution >= 0.6 is 0 Å². The standard InChI is InChI=1S/C33H42FN3O4S/c1-7-24(2)35-32(39)30(21-25-13-9-8-10-14-25)36(22-26-15-11-12-16-29(26)34)31(38)23-37(42(6,40)41)28-19-17-27(18-20-28)33(3,4)5/h8-20,24,30H,7,21-23H2,1-6H3,(H,35,39). The van der Waals surface area contributed by atoms with Crippen LogP contribution in [0.2, 0.25) is 0 Å². The first kappa shape index (κ1) is 32.8. The molecule has 3 rings (SSSR count). The fraction of sp³-hybridized carbons (Fsp3) is 0.394. The lowest BCUT2D eigenvalue weighted by Gasteiger charge is -2.34. The van der Waals surface area contributed by atoms with Crippen LogP contribution < -0.4 is 9.62 Å². The van der Waals surface area contributed by atoms with Crippen molar-refractivity contribution < 1.29 is 22.4 Å². The maximum Gasteiger partial charge on any atom is 0.244 e. The van der Waals surface area contributed by atoms with E-state index in [0.717, 1.165) is 21.7 Å². The Morgan fingerprint density at radius 3 is 2.07 bits per heavy atom. The summed E-state index contributed by atoms with van der Waals surface area (Å²) in [6, 6.07) is 21.2. The molecule has 0 aliphatic rings. The molecule has 9 heteroatoms. The predicted octanol–water partition coefficient (Wildman–Crippen LogP) is 5.44. The van der Waals surface area contributed by atoms with Gasteiger partial charge < -0.3 is 10.2 Å². The first-order valence-corrected chi connectivity index (χ1v) is 16.0. The summed E-state index contributed by atoms with van der Waals surface area (Å²) < 4.78 is 41.9. The van der Waals surface area contributed by atoms with Crippen molar-refractivity contribution in [1.29, 1.82) is 0 Å². The molecule has 0 radical (unpaired) electrons. The number of hydrogen-bond donors (Lipinski definition) is 1. The summed E-state index contributed by atoms with van der Waals surface area (Å²) in [7, 11) is -3.89. The minimum absolute atomic E-state index is 0.144. The van der Waals surface area contributed by atoms with Crippen molar-refractivity contribution in [3.8, 4) is 0 Å². The monoisotopic (exact) mass is 595 g/mol. The number of rotatable bonds is 12. The molecule has 0 aromatic heterocycles. The van der Waals surface area contributed by atoms with E-state index in [1.54, 1.807) is 30.3 Å². The second kappa shape index (κ2) is 14.0. The number of hydrogen-bond acceptors (Lipinski definition) is 4. The zero-order chi connectivity index (χ0) is 31.1. The second-order valence-corrected chi connectivity index (χ2v) is 13.6. The van der Waals surface area contributed by atoms with Crippen molar-refractivity contribution >= 4 is 27.5 Å². The van der Waals surface area contributed by atoms with Crippen molar-refractivity contribution in [3.63, 3.8) is 0 Å². The molecule has 42 heavy (non-hydrogen) atoms. The van der Waals surface area contributed by atoms with Crippen molar-refractivity contribution in [2.24, 2.45) is 0 Å². The number of sulfonamides is 1. The second-order valence-electron chi connectivity index (χ2n) is 11.7. The zero-order valence-corrected chi connectivity index (χ0v) is 26.1. The molecule has 0 saturated carbocycles. The lowest BCUT2D eigenvalue weighted by Crippen LogP contribution is -2.54. The summed E-state index contributed by atoms with van der Waals surface area (Å²) in [6.07, 6.45) is 1.89. The summed E-state index contributed by atoms with van der Waals surface area (Å²) in [5, 5.41) is 2.96. The van der Waals surface area contributed by atoms with Crippen LogP contribution in [0.3, 0.4) is 0 Å². The number of benzene rings is 3. The highest BCUT2D eigenvalue weighted by atomic mass is 32.2. The van der Waals surface area contributed by atoms with Crippen LogP contribution in [0.1, 0.15) is 57.7 Å². The Kier molecular flexibility index (Phi) is 10.9. The Labute approximate surface area is 249 Å². The minimum atomic E-state index is -3.89. The number of amides is 2. The number of halogens is 1. The van der Waals surface area contributed by atoms with Gasteiger partial charge in [-0.2, -0.15) is 0 Å². The van der Waals surface area contributed by atoms with Crippen LogP contribution in [0.15, 0.2) is 78.9 Å². The van der Waals surface area contributed by atoms with E-state index in [1.165, 1.54) is 11.0 Å². The molecule has 0 fully saturated rings. The minimum Gasteiger partial charge on any atom is -0.352 e. The van der Waals surface area contributed by atoms with Gasteiger partial charge in [-0.15, -0.1) is 0 Å². The van der Waals surface area contributed by atoms with Gasteiger partial charge in [-0.3, -0.25) is 13.9 Å². The van der Waals surface area contributed by atoms with E-state index in [9.17, 15) is 22.4 Å². The van der Waals surface area contributed by atoms with Gasteiger partial charge in [-0.05, 0) is 48.1 Å². The Balaban J connectivity index is 2.07. The van der Waals surface area contributed by atoms with E-state index >= 15 is 0 Å². The van der Waals surface area contributed by atoms with E-state index in [2.05, 4.69) is 26.1 Å². The number of anilines is 1. The Hall–Kier alpha value is -3.72. The third-order valence-electron chi connectivity index (χ3n) is 7.27. The van der Waals surface area contributed by atoms with Crippen molar-refractivity contribution in [3.05, 3.63) is 101 Å². The third kappa shape index (κ3) is 8.89. The molecular weight excluding hydrogens is 553 g/mol. The van der Waals surface area contributed by atoms with Crippen LogP contribution in [0, 0.1) is 5.82 Å². The highest BCUT2D eigenvalue weighted by Gasteiger charge is 2.34. The number of nitrogens with one attached hydrogen (secondary N) is 1. The van der Waals surface area contributed by atoms with Crippen molar-refractivity contribution in [1.82, 2.24) is 10.2 Å². The molecular formula is C33H42FN3O4S. The first-order valence-electron chi connectivity index (χ1n) is 14.2. The van der Waals surface area contributed by atoms with Crippen LogP contribution in [0.4, 0.5) is 10.1 Å². The maximum absolute atomic E-state index is 14.9. The molecule has 0 aliphatic carbocycles. The molecule has 2 amide bonds. The fourth-order valence-electron chi connectivity index (χ4n) is 4.55. The average Bonchev–Trinajstić information content (AvgIpc) is 2.93. The van der Waals surface area contributed by atoms with Gasteiger partial charge in [0.25, 0.3) is 0 Å². The Bertz CT molecular complexity index is 1450. The maximum atomic E-state index is 14.9. The molecule has 0 bridgehead atoms. The van der Waals surface area contributed by atoms with Gasteiger partial charge in [-0.25, -0.2) is 12.8 Å². The van der Waals surface area contributed by atoms with Gasteiger partial charge in [0, 0.05) is 24.6 Å². The van der Waals surface area contributed by atoms with Gasteiger partial charge >= 0.3 is 0 Å². The van der Waals surface area contributed by atoms with E-state index in [1.807, 2.05) is 56.3 Å². The smallest absolute Gasteiger partial charge is 0.244 e. The molecule has 0 spiro atoms. The zero-order valence-electron chi connectivity index (χ0n) is 25.3. The van der Waals surface area contributed by atoms with Crippen LogP contribution in [-0.4, -0.2) is 50.0 Å². The van der Waals surface area contributed by atoms with Gasteiger partial charge in [0.2, 0.25) is 21.8 Å². The summed E-state index contributed by atoms with van der Waals surface area (Å²) in [5.41, 5.74) is 2.23. The molecule has 226 valence electrons. The normalized spacial score (nSPS) is 13.2. The van der Waals surface area contributed by atoms with E-state index < -0.39 is 40.2 Å². The van der Waals surface area contributed by atoms with Crippen LogP contribution in [0.25, 0.3) is 0 Å². The molecule has 2 unspecified atom stereocenters. The summed E-state index contributed by atoms with van der Waals surface area (Å²) in [4.78, 5) is 29.1. The van der Waals surface area contributed by atoms with Crippen molar-refractivity contribution in [2.45, 2.75) is 71.5 Å². The highest BCUT2D eigenvalue weighted by Crippen LogP contribution is 2.26. The molecule has 7 nitrogen and oxygen atoms in total. The third-order valence-corrected chi connectivity index (χ3v) is 8.41. The van der Waals surface area contributed by atoms with E-state index in [-0.39, 0.29) is 30.0 Å². The largest absolute Gasteiger partial charge is 0.352 e. The molecule has 3 aromatic carbocycles. The molecule has 2 atom stereocenters. The highest BCUT2D eigenvalue weighted by molar-refractivity contribution is 7.92. The Morgan fingerprint density at radius 2 is 1.52 bits per heavy atom. The molecule has 0 aliphatic heterocycles. The summed E-state index contributed by atoms with van der Waals surface area (Å²) >= 11 is 0. The molecule has 0 saturated heterocycles. The number of carbonyl (C=O) groups is 2. The topological polar surface area (TPSA) is 86.8 Å². The first-order chi connectivity index (χ1) is 19.7. The molecule has 0 heterocycles. The van der Waals surface area contributed by atoms with E-state index in [4.69, 9.17) is 0 Å². The van der Waals surface area contributed by atoms with Gasteiger partial charge in [0.1, 0.15) is 18.4 Å². The van der Waals surface area contributed by atoms with Crippen LogP contribution in [0.5, 0.6) is 0 Å². The summed E-state index contributed by atoms with van der Waals surface area (Å²) in [5.74, 6) is -1.53. The number of carbonyl (C=O) groups excluding carboxylic acids is 2. The fourth-order valence-corrected chi connectivity index (χ4v) is 5.40. The predicted molar refractivity (Wildman–Crippen MR) is 166 cm³/mol. The molecule has 1 N–H and O–H groups in total. The van der Waals surface area contributed by atoms with Gasteiger partial charge in [0.05, 0.1) is 11.9 Å². The van der Waals surface area contributed by atoms with E-state index in [0.29, 0.717) is 12.1 Å². The van der Waals surface area contributed by atoms with Crippen LogP contribution in [-0.2, 0) is 38.0 Å². The average molecular weight is 596 g/mol. The SMILES string of the molecule is CCC(C)NC(=O)C(Cc1ccccc1)N(Cc1ccccc1F)C(=O)CN(c1ccc(C(C)(C)C)cc1)S(C)(=O)=O. The quantitative estimate of drug-likeness (QED) is 0.302. The summed E-state index contributed by atoms with van der Waals surface area (Å²) in [6.45, 7) is 9.20. The molecule has 3 aromatic rings.